The number of rotatable bonds is 6. The summed E-state index contributed by atoms with van der Waals surface area (Å²) >= 11 is 0. The van der Waals surface area contributed by atoms with Crippen LogP contribution in [0, 0.1) is 5.92 Å². The number of halogens is 3. The largest absolute Gasteiger partial charge is 0.411 e. The Balaban J connectivity index is 2.00. The van der Waals surface area contributed by atoms with Crippen molar-refractivity contribution in [1.29, 1.82) is 0 Å². The van der Waals surface area contributed by atoms with Gasteiger partial charge in [-0.05, 0) is 12.3 Å². The summed E-state index contributed by atoms with van der Waals surface area (Å²) < 4.78 is 39.7. The Morgan fingerprint density at radius 2 is 1.94 bits per heavy atom. The molecule has 0 bridgehead atoms. The molecule has 1 saturated heterocycles. The third-order valence-corrected chi connectivity index (χ3v) is 3.10. The van der Waals surface area contributed by atoms with Crippen molar-refractivity contribution in [2.75, 3.05) is 32.8 Å². The maximum absolute atomic E-state index is 11.7. The molecule has 1 aliphatic heterocycles. The molecule has 0 aromatic heterocycles. The van der Waals surface area contributed by atoms with Gasteiger partial charge >= 0.3 is 6.18 Å². The second-order valence-electron chi connectivity index (χ2n) is 4.99. The van der Waals surface area contributed by atoms with E-state index in [4.69, 9.17) is 0 Å². The number of hydrogen-bond donors (Lipinski definition) is 1. The minimum absolute atomic E-state index is 0.107. The second kappa shape index (κ2) is 5.54. The molecule has 1 fully saturated rings. The maximum Gasteiger partial charge on any atom is 0.411 e. The van der Waals surface area contributed by atoms with Gasteiger partial charge in [0.05, 0.1) is 5.60 Å². The van der Waals surface area contributed by atoms with Crippen LogP contribution in [0.2, 0.25) is 0 Å². The maximum atomic E-state index is 11.7. The summed E-state index contributed by atoms with van der Waals surface area (Å²) in [7, 11) is 0. The lowest BCUT2D eigenvalue weighted by molar-refractivity contribution is -0.175. The lowest BCUT2D eigenvalue weighted by Crippen LogP contribution is -2.64. The summed E-state index contributed by atoms with van der Waals surface area (Å²) in [5, 5.41) is 9.95. The van der Waals surface area contributed by atoms with Gasteiger partial charge in [0, 0.05) is 26.2 Å². The quantitative estimate of drug-likeness (QED) is 0.733. The van der Waals surface area contributed by atoms with E-state index in [1.165, 1.54) is 0 Å². The summed E-state index contributed by atoms with van der Waals surface area (Å²) in [5.41, 5.74) is -0.618. The Morgan fingerprint density at radius 3 is 2.41 bits per heavy atom. The molecule has 0 amide bonds. The highest BCUT2D eigenvalue weighted by Crippen LogP contribution is 2.28. The van der Waals surface area contributed by atoms with Crippen molar-refractivity contribution in [3.63, 3.8) is 0 Å². The highest BCUT2D eigenvalue weighted by Gasteiger charge is 2.42. The molecule has 0 radical (unpaired) electrons. The molecule has 6 heteroatoms. The summed E-state index contributed by atoms with van der Waals surface area (Å²) in [6.45, 7) is 4.73. The van der Waals surface area contributed by atoms with E-state index >= 15 is 0 Å². The first kappa shape index (κ1) is 14.7. The van der Waals surface area contributed by atoms with E-state index in [0.29, 0.717) is 26.1 Å². The molecule has 1 rings (SSSR count). The first-order chi connectivity index (χ1) is 7.73. The predicted octanol–water partition coefficient (Wildman–Crippen LogP) is 1.66. The van der Waals surface area contributed by atoms with E-state index in [2.05, 4.69) is 4.74 Å². The fourth-order valence-corrected chi connectivity index (χ4v) is 1.83. The van der Waals surface area contributed by atoms with Crippen LogP contribution in [0.15, 0.2) is 0 Å². The van der Waals surface area contributed by atoms with Gasteiger partial charge in [0.25, 0.3) is 0 Å². The van der Waals surface area contributed by atoms with Gasteiger partial charge < -0.3 is 9.84 Å². The Hall–Kier alpha value is -0.330. The zero-order valence-electron chi connectivity index (χ0n) is 10.3. The standard InChI is InChI=1S/C11H20F3NO2/c1-9(2)10(16)6-15(7-10)4-3-5-17-8-11(12,13)14/h9,16H,3-8H2,1-2H3. The van der Waals surface area contributed by atoms with Crippen LogP contribution in [0.25, 0.3) is 0 Å². The van der Waals surface area contributed by atoms with Crippen molar-refractivity contribution in [3.05, 3.63) is 0 Å². The monoisotopic (exact) mass is 255 g/mol. The third-order valence-electron chi connectivity index (χ3n) is 3.10. The van der Waals surface area contributed by atoms with Crippen molar-refractivity contribution in [3.8, 4) is 0 Å². The molecule has 0 atom stereocenters. The van der Waals surface area contributed by atoms with Crippen LogP contribution in [0.1, 0.15) is 20.3 Å². The minimum atomic E-state index is -4.24. The molecule has 0 saturated carbocycles. The highest BCUT2D eigenvalue weighted by atomic mass is 19.4. The normalized spacial score (nSPS) is 20.6. The molecule has 0 aromatic carbocycles. The average Bonchev–Trinajstić information content (AvgIpc) is 2.11. The van der Waals surface area contributed by atoms with Crippen molar-refractivity contribution >= 4 is 0 Å². The number of nitrogens with zero attached hydrogens (tertiary/aromatic N) is 1. The molecule has 17 heavy (non-hydrogen) atoms. The van der Waals surface area contributed by atoms with Crippen LogP contribution in [0.4, 0.5) is 13.2 Å². The molecule has 0 aromatic rings. The van der Waals surface area contributed by atoms with Gasteiger partial charge in [0.15, 0.2) is 0 Å². The zero-order valence-corrected chi connectivity index (χ0v) is 10.3. The van der Waals surface area contributed by atoms with Gasteiger partial charge in [-0.15, -0.1) is 0 Å². The van der Waals surface area contributed by atoms with E-state index in [1.54, 1.807) is 0 Å². The van der Waals surface area contributed by atoms with Crippen LogP contribution < -0.4 is 0 Å². The number of alkyl halides is 3. The molecule has 102 valence electrons. The van der Waals surface area contributed by atoms with Crippen molar-refractivity contribution in [2.45, 2.75) is 32.0 Å². The molecule has 1 N–H and O–H groups in total. The molecule has 3 nitrogen and oxygen atoms in total. The first-order valence-corrected chi connectivity index (χ1v) is 5.82. The van der Waals surface area contributed by atoms with E-state index in [1.807, 2.05) is 18.7 Å². The Morgan fingerprint density at radius 1 is 1.35 bits per heavy atom. The van der Waals surface area contributed by atoms with Crippen LogP contribution in [-0.2, 0) is 4.74 Å². The molecular formula is C11H20F3NO2. The molecule has 1 aliphatic rings. The Bertz CT molecular complexity index is 237. The summed E-state index contributed by atoms with van der Waals surface area (Å²) in [5.74, 6) is 0.209. The van der Waals surface area contributed by atoms with Crippen molar-refractivity contribution in [2.24, 2.45) is 5.92 Å². The number of hydrogen-bond acceptors (Lipinski definition) is 3. The molecule has 1 heterocycles. The fourth-order valence-electron chi connectivity index (χ4n) is 1.83. The van der Waals surface area contributed by atoms with Crippen molar-refractivity contribution < 1.29 is 23.0 Å². The molecular weight excluding hydrogens is 235 g/mol. The van der Waals surface area contributed by atoms with Gasteiger partial charge in [0.1, 0.15) is 6.61 Å². The van der Waals surface area contributed by atoms with E-state index in [-0.39, 0.29) is 12.5 Å². The Kier molecular flexibility index (Phi) is 4.80. The SMILES string of the molecule is CC(C)C1(O)CN(CCCOCC(F)(F)F)C1. The number of aliphatic hydroxyl groups is 1. The Labute approximate surface area is 99.5 Å². The molecule has 0 unspecified atom stereocenters. The smallest absolute Gasteiger partial charge is 0.387 e. The van der Waals surface area contributed by atoms with E-state index in [0.717, 1.165) is 0 Å². The highest BCUT2D eigenvalue weighted by molar-refractivity contribution is 4.97. The number of β-amino-alcohol motifs (C(OH)–C–C–N with tert-alkyl or cyclic N) is 1. The summed E-state index contributed by atoms with van der Waals surface area (Å²) in [6, 6.07) is 0. The van der Waals surface area contributed by atoms with Crippen molar-refractivity contribution in [1.82, 2.24) is 4.90 Å². The van der Waals surface area contributed by atoms with Gasteiger partial charge in [-0.1, -0.05) is 13.8 Å². The van der Waals surface area contributed by atoms with Gasteiger partial charge in [0.2, 0.25) is 0 Å². The summed E-state index contributed by atoms with van der Waals surface area (Å²) in [4.78, 5) is 2.02. The lowest BCUT2D eigenvalue weighted by Gasteiger charge is -2.49. The van der Waals surface area contributed by atoms with Gasteiger partial charge in [-0.25, -0.2) is 0 Å². The zero-order chi connectivity index (χ0) is 13.1. The van der Waals surface area contributed by atoms with Gasteiger partial charge in [-0.3, -0.25) is 4.90 Å². The van der Waals surface area contributed by atoms with Crippen LogP contribution >= 0.6 is 0 Å². The minimum Gasteiger partial charge on any atom is -0.387 e. The van der Waals surface area contributed by atoms with E-state index in [9.17, 15) is 18.3 Å². The second-order valence-corrected chi connectivity index (χ2v) is 4.99. The fraction of sp³-hybridized carbons (Fsp3) is 1.00. The van der Waals surface area contributed by atoms with Crippen LogP contribution in [0.3, 0.4) is 0 Å². The molecule has 0 spiro atoms. The predicted molar refractivity (Wildman–Crippen MR) is 57.7 cm³/mol. The number of ether oxygens (including phenoxy) is 1. The summed E-state index contributed by atoms with van der Waals surface area (Å²) in [6.07, 6.45) is -3.68. The van der Waals surface area contributed by atoms with Crippen LogP contribution in [0.5, 0.6) is 0 Å². The van der Waals surface area contributed by atoms with Gasteiger partial charge in [-0.2, -0.15) is 13.2 Å². The average molecular weight is 255 g/mol. The van der Waals surface area contributed by atoms with Crippen LogP contribution in [-0.4, -0.2) is 54.6 Å². The third kappa shape index (κ3) is 4.81. The molecule has 0 aliphatic carbocycles. The number of likely N-dealkylation sites (tertiary alicyclic amines) is 1. The first-order valence-electron chi connectivity index (χ1n) is 5.82. The topological polar surface area (TPSA) is 32.7 Å². The lowest BCUT2D eigenvalue weighted by atomic mass is 9.83. The van der Waals surface area contributed by atoms with E-state index < -0.39 is 18.4 Å².